The third kappa shape index (κ3) is 4.87. The summed E-state index contributed by atoms with van der Waals surface area (Å²) in [6.45, 7) is 5.15. The minimum atomic E-state index is -0.812. The molecule has 0 fully saturated rings. The largest absolute Gasteiger partial charge is 0.378 e. The van der Waals surface area contributed by atoms with E-state index in [1.54, 1.807) is 20.8 Å². The van der Waals surface area contributed by atoms with Gasteiger partial charge < -0.3 is 0 Å². The molecule has 14 heavy (non-hydrogen) atoms. The first kappa shape index (κ1) is 13.0. The van der Waals surface area contributed by atoms with Gasteiger partial charge in [0.15, 0.2) is 0 Å². The second-order valence-electron chi connectivity index (χ2n) is 2.95. The van der Waals surface area contributed by atoms with E-state index in [2.05, 4.69) is 9.78 Å². The summed E-state index contributed by atoms with van der Waals surface area (Å²) in [5, 5.41) is -0.812. The number of hydrogen-bond donors (Lipinski definition) is 0. The molecule has 0 N–H and O–H groups in total. The molecule has 80 valence electrons. The van der Waals surface area contributed by atoms with Crippen LogP contribution in [0.4, 0.5) is 0 Å². The lowest BCUT2D eigenvalue weighted by Crippen LogP contribution is -2.24. The molecule has 0 aromatic rings. The monoisotopic (exact) mass is 220 g/mol. The molecule has 1 unspecified atom stereocenters. The average molecular weight is 221 g/mol. The van der Waals surface area contributed by atoms with Crippen LogP contribution in [-0.2, 0) is 19.4 Å². The highest BCUT2D eigenvalue weighted by Crippen LogP contribution is 2.11. The second kappa shape index (κ2) is 6.43. The van der Waals surface area contributed by atoms with E-state index >= 15 is 0 Å². The van der Waals surface area contributed by atoms with Crippen molar-refractivity contribution >= 4 is 23.5 Å². The third-order valence-electron chi connectivity index (χ3n) is 1.32. The molecule has 0 aromatic carbocycles. The number of hydrogen-bond acceptors (Lipinski definition) is 4. The van der Waals surface area contributed by atoms with Crippen LogP contribution in [0.2, 0.25) is 0 Å². The Morgan fingerprint density at radius 1 is 1.29 bits per heavy atom. The maximum absolute atomic E-state index is 11.0. The van der Waals surface area contributed by atoms with Gasteiger partial charge in [-0.25, -0.2) is 19.4 Å². The lowest BCUT2D eigenvalue weighted by molar-refractivity contribution is -0.255. The predicted molar refractivity (Wildman–Crippen MR) is 51.5 cm³/mol. The van der Waals surface area contributed by atoms with E-state index in [1.165, 1.54) is 6.08 Å². The predicted octanol–water partition coefficient (Wildman–Crippen LogP) is 1.83. The first-order chi connectivity index (χ1) is 6.49. The molecule has 5 heteroatoms. The normalized spacial score (nSPS) is 12.9. The zero-order valence-electron chi connectivity index (χ0n) is 8.32. The van der Waals surface area contributed by atoms with Crippen molar-refractivity contribution in [2.75, 3.05) is 0 Å². The highest BCUT2D eigenvalue weighted by atomic mass is 35.5. The Morgan fingerprint density at radius 2 is 1.86 bits per heavy atom. The Kier molecular flexibility index (Phi) is 5.95. The summed E-state index contributed by atoms with van der Waals surface area (Å²) in [4.78, 5) is 30.1. The molecule has 0 aliphatic rings. The van der Waals surface area contributed by atoms with Crippen molar-refractivity contribution in [3.8, 4) is 0 Å². The summed E-state index contributed by atoms with van der Waals surface area (Å²) in [5.74, 6) is -1.59. The van der Waals surface area contributed by atoms with Gasteiger partial charge in [0.05, 0.1) is 0 Å². The van der Waals surface area contributed by atoms with Gasteiger partial charge in [-0.15, -0.1) is 11.6 Å². The second-order valence-corrected chi connectivity index (χ2v) is 3.42. The van der Waals surface area contributed by atoms with Crippen molar-refractivity contribution in [3.63, 3.8) is 0 Å². The van der Waals surface area contributed by atoms with Crippen molar-refractivity contribution < 1.29 is 19.4 Å². The third-order valence-corrected chi connectivity index (χ3v) is 2.00. The van der Waals surface area contributed by atoms with Crippen LogP contribution in [0.5, 0.6) is 0 Å². The van der Waals surface area contributed by atoms with Crippen molar-refractivity contribution in [3.05, 3.63) is 12.2 Å². The highest BCUT2D eigenvalue weighted by molar-refractivity contribution is 6.30. The van der Waals surface area contributed by atoms with Crippen LogP contribution in [0.3, 0.4) is 0 Å². The van der Waals surface area contributed by atoms with E-state index in [0.29, 0.717) is 0 Å². The topological polar surface area (TPSA) is 52.6 Å². The standard InChI is InChI=1S/C9H13ClO4/c1-4-5-7(11)13-14-9(12)8(10)6(2)3/h4-6,8H,1-3H3. The number of rotatable bonds is 3. The van der Waals surface area contributed by atoms with Gasteiger partial charge in [-0.2, -0.15) is 0 Å². The zero-order chi connectivity index (χ0) is 11.1. The summed E-state index contributed by atoms with van der Waals surface area (Å²) in [7, 11) is 0. The molecule has 0 saturated carbocycles. The fraction of sp³-hybridized carbons (Fsp3) is 0.556. The number of halogens is 1. The summed E-state index contributed by atoms with van der Waals surface area (Å²) < 4.78 is 0. The molecular formula is C9H13ClO4. The zero-order valence-corrected chi connectivity index (χ0v) is 9.08. The molecule has 0 saturated heterocycles. The Hall–Kier alpha value is -1.03. The van der Waals surface area contributed by atoms with Crippen LogP contribution in [-0.4, -0.2) is 17.3 Å². The van der Waals surface area contributed by atoms with E-state index in [9.17, 15) is 9.59 Å². The summed E-state index contributed by atoms with van der Waals surface area (Å²) in [5.41, 5.74) is 0. The van der Waals surface area contributed by atoms with E-state index in [1.807, 2.05) is 0 Å². The van der Waals surface area contributed by atoms with E-state index in [0.717, 1.165) is 6.08 Å². The Labute approximate surface area is 87.8 Å². The molecule has 0 radical (unpaired) electrons. The van der Waals surface area contributed by atoms with Gasteiger partial charge in [0, 0.05) is 6.08 Å². The van der Waals surface area contributed by atoms with Crippen molar-refractivity contribution in [1.82, 2.24) is 0 Å². The average Bonchev–Trinajstić information content (AvgIpc) is 2.13. The molecule has 4 nitrogen and oxygen atoms in total. The Morgan fingerprint density at radius 3 is 2.29 bits per heavy atom. The lowest BCUT2D eigenvalue weighted by atomic mass is 10.1. The van der Waals surface area contributed by atoms with Gasteiger partial charge >= 0.3 is 11.9 Å². The van der Waals surface area contributed by atoms with Crippen molar-refractivity contribution in [2.24, 2.45) is 5.92 Å². The van der Waals surface area contributed by atoms with Crippen LogP contribution < -0.4 is 0 Å². The van der Waals surface area contributed by atoms with Gasteiger partial charge in [-0.3, -0.25) is 0 Å². The fourth-order valence-corrected chi connectivity index (χ4v) is 0.600. The SMILES string of the molecule is CC=CC(=O)OOC(=O)C(Cl)C(C)C. The number of carbonyl (C=O) groups excluding carboxylic acids is 2. The lowest BCUT2D eigenvalue weighted by Gasteiger charge is -2.09. The van der Waals surface area contributed by atoms with Crippen LogP contribution in [0.25, 0.3) is 0 Å². The fourth-order valence-electron chi connectivity index (χ4n) is 0.564. The number of carbonyl (C=O) groups is 2. The molecule has 0 bridgehead atoms. The van der Waals surface area contributed by atoms with Gasteiger partial charge in [-0.05, 0) is 12.8 Å². The summed E-state index contributed by atoms with van der Waals surface area (Å²) in [6, 6.07) is 0. The first-order valence-electron chi connectivity index (χ1n) is 4.18. The molecule has 0 aliphatic carbocycles. The van der Waals surface area contributed by atoms with Crippen molar-refractivity contribution in [2.45, 2.75) is 26.1 Å². The Balaban J connectivity index is 3.91. The summed E-state index contributed by atoms with van der Waals surface area (Å²) >= 11 is 5.64. The van der Waals surface area contributed by atoms with Crippen LogP contribution in [0, 0.1) is 5.92 Å². The van der Waals surface area contributed by atoms with Gasteiger partial charge in [-0.1, -0.05) is 19.9 Å². The maximum Gasteiger partial charge on any atom is 0.378 e. The first-order valence-corrected chi connectivity index (χ1v) is 4.61. The molecular weight excluding hydrogens is 208 g/mol. The van der Waals surface area contributed by atoms with E-state index in [4.69, 9.17) is 11.6 Å². The molecule has 0 aromatic heterocycles. The highest BCUT2D eigenvalue weighted by Gasteiger charge is 2.22. The van der Waals surface area contributed by atoms with Crippen LogP contribution in [0.15, 0.2) is 12.2 Å². The van der Waals surface area contributed by atoms with Gasteiger partial charge in [0.1, 0.15) is 5.38 Å². The Bertz CT molecular complexity index is 235. The molecule has 0 spiro atoms. The van der Waals surface area contributed by atoms with Crippen molar-refractivity contribution in [1.29, 1.82) is 0 Å². The number of alkyl halides is 1. The molecule has 1 atom stereocenters. The van der Waals surface area contributed by atoms with Crippen LogP contribution in [0.1, 0.15) is 20.8 Å². The smallest absolute Gasteiger partial charge is 0.246 e. The molecule has 0 amide bonds. The summed E-state index contributed by atoms with van der Waals surface area (Å²) in [6.07, 6.45) is 2.60. The van der Waals surface area contributed by atoms with Gasteiger partial charge in [0.2, 0.25) is 0 Å². The number of allylic oxidation sites excluding steroid dienone is 1. The molecule has 0 aliphatic heterocycles. The minimum absolute atomic E-state index is 0.0791. The molecule has 0 rings (SSSR count). The quantitative estimate of drug-likeness (QED) is 0.315. The van der Waals surface area contributed by atoms with Crippen LogP contribution >= 0.6 is 11.6 Å². The minimum Gasteiger partial charge on any atom is -0.246 e. The molecule has 0 heterocycles. The maximum atomic E-state index is 11.0. The van der Waals surface area contributed by atoms with Gasteiger partial charge in [0.25, 0.3) is 0 Å². The van der Waals surface area contributed by atoms with E-state index < -0.39 is 17.3 Å². The van der Waals surface area contributed by atoms with E-state index in [-0.39, 0.29) is 5.92 Å².